The van der Waals surface area contributed by atoms with Crippen LogP contribution in [0.4, 0.5) is 0 Å². The van der Waals surface area contributed by atoms with E-state index in [0.29, 0.717) is 22.0 Å². The molecule has 0 radical (unpaired) electrons. The number of benzene rings is 2. The molecule has 0 aliphatic heterocycles. The number of Topliss-reactive ketones (excluding diaryl/α,β-unsaturated/α-hetero) is 1. The molecule has 2 rings (SSSR count). The van der Waals surface area contributed by atoms with Crippen LogP contribution < -0.4 is 5.32 Å². The number of nitrogens with one attached hydrogen (secondary N) is 1. The molecule has 0 aliphatic rings. The lowest BCUT2D eigenvalue weighted by Gasteiger charge is -2.08. The number of hydrogen-bond acceptors (Lipinski definition) is 2. The maximum atomic E-state index is 12.5. The van der Waals surface area contributed by atoms with Gasteiger partial charge in [-0.3, -0.25) is 4.79 Å². The number of ketones is 1. The number of carbonyl (C=O) groups is 1. The molecule has 0 spiro atoms. The van der Waals surface area contributed by atoms with E-state index in [1.165, 1.54) is 0 Å². The second kappa shape index (κ2) is 7.30. The molecule has 1 N–H and O–H groups in total. The fourth-order valence-electron chi connectivity index (χ4n) is 2.01. The highest BCUT2D eigenvalue weighted by Crippen LogP contribution is 2.21. The second-order valence-corrected chi connectivity index (χ2v) is 5.46. The normalized spacial score (nSPS) is 11.3. The first-order valence-electron chi connectivity index (χ1n) is 6.51. The molecule has 0 atom stereocenters. The van der Waals surface area contributed by atoms with Gasteiger partial charge in [-0.05, 0) is 35.4 Å². The van der Waals surface area contributed by atoms with Gasteiger partial charge in [0.2, 0.25) is 0 Å². The van der Waals surface area contributed by atoms with Crippen molar-refractivity contribution in [3.05, 3.63) is 75.9 Å². The minimum absolute atomic E-state index is 0.0222. The van der Waals surface area contributed by atoms with Gasteiger partial charge in [0.1, 0.15) is 0 Å². The molecule has 0 aromatic heterocycles. The summed E-state index contributed by atoms with van der Waals surface area (Å²) >= 11 is 11.9. The maximum Gasteiger partial charge on any atom is 0.169 e. The highest BCUT2D eigenvalue weighted by atomic mass is 35.5. The highest BCUT2D eigenvalue weighted by Gasteiger charge is 2.13. The number of rotatable bonds is 5. The topological polar surface area (TPSA) is 29.1 Å². The van der Waals surface area contributed by atoms with Crippen molar-refractivity contribution in [3.63, 3.8) is 0 Å². The van der Waals surface area contributed by atoms with Gasteiger partial charge in [0.05, 0.1) is 0 Å². The summed E-state index contributed by atoms with van der Waals surface area (Å²) in [6.45, 7) is 0. The molecule has 0 saturated heterocycles. The van der Waals surface area contributed by atoms with Gasteiger partial charge < -0.3 is 5.32 Å². The van der Waals surface area contributed by atoms with Crippen molar-refractivity contribution in [2.24, 2.45) is 0 Å². The molecule has 0 bridgehead atoms. The van der Waals surface area contributed by atoms with Crippen LogP contribution >= 0.6 is 23.2 Å². The Morgan fingerprint density at radius 2 is 1.81 bits per heavy atom. The monoisotopic (exact) mass is 319 g/mol. The molecular weight excluding hydrogens is 305 g/mol. The third kappa shape index (κ3) is 4.35. The lowest BCUT2D eigenvalue weighted by Crippen LogP contribution is -2.09. The number of halogens is 2. The molecule has 0 amide bonds. The average Bonchev–Trinajstić information content (AvgIpc) is 2.47. The van der Waals surface area contributed by atoms with E-state index in [0.717, 1.165) is 11.1 Å². The summed E-state index contributed by atoms with van der Waals surface area (Å²) < 4.78 is 0. The zero-order valence-electron chi connectivity index (χ0n) is 11.6. The van der Waals surface area contributed by atoms with Crippen LogP contribution in [-0.2, 0) is 11.2 Å². The van der Waals surface area contributed by atoms with Gasteiger partial charge >= 0.3 is 0 Å². The highest BCUT2D eigenvalue weighted by molar-refractivity contribution is 6.31. The van der Waals surface area contributed by atoms with Gasteiger partial charge in [-0.25, -0.2) is 0 Å². The number of carbonyl (C=O) groups excluding carboxylic acids is 1. The first-order chi connectivity index (χ1) is 10.1. The SMILES string of the molecule is CNC=C(C(=O)Cc1ccc(Cl)cc1)c1cccc(Cl)c1. The van der Waals surface area contributed by atoms with E-state index in [2.05, 4.69) is 5.32 Å². The van der Waals surface area contributed by atoms with Crippen LogP contribution in [0.5, 0.6) is 0 Å². The maximum absolute atomic E-state index is 12.5. The van der Waals surface area contributed by atoms with E-state index in [4.69, 9.17) is 23.2 Å². The lowest BCUT2D eigenvalue weighted by atomic mass is 9.98. The molecule has 0 fully saturated rings. The van der Waals surface area contributed by atoms with Crippen LogP contribution in [0.15, 0.2) is 54.7 Å². The van der Waals surface area contributed by atoms with Crippen molar-refractivity contribution in [2.45, 2.75) is 6.42 Å². The molecule has 108 valence electrons. The van der Waals surface area contributed by atoms with Crippen LogP contribution in [0.1, 0.15) is 11.1 Å². The molecule has 0 heterocycles. The van der Waals surface area contributed by atoms with Crippen molar-refractivity contribution in [3.8, 4) is 0 Å². The first-order valence-corrected chi connectivity index (χ1v) is 7.27. The van der Waals surface area contributed by atoms with E-state index in [9.17, 15) is 4.79 Å². The summed E-state index contributed by atoms with van der Waals surface area (Å²) in [5.41, 5.74) is 2.33. The Balaban J connectivity index is 2.24. The minimum atomic E-state index is 0.0222. The standard InChI is InChI=1S/C17H15Cl2NO/c1-20-11-16(13-3-2-4-15(19)10-13)17(21)9-12-5-7-14(18)8-6-12/h2-8,10-11,20H,9H2,1H3. The Labute approximate surface area is 134 Å². The molecule has 2 aromatic carbocycles. The Bertz CT molecular complexity index is 663. The summed E-state index contributed by atoms with van der Waals surface area (Å²) in [5.74, 6) is 0.0222. The predicted molar refractivity (Wildman–Crippen MR) is 88.7 cm³/mol. The van der Waals surface area contributed by atoms with Gasteiger partial charge in [-0.1, -0.05) is 47.5 Å². The van der Waals surface area contributed by atoms with E-state index >= 15 is 0 Å². The van der Waals surface area contributed by atoms with Gasteiger partial charge in [0.25, 0.3) is 0 Å². The van der Waals surface area contributed by atoms with E-state index in [-0.39, 0.29) is 5.78 Å². The van der Waals surface area contributed by atoms with Gasteiger partial charge in [-0.2, -0.15) is 0 Å². The van der Waals surface area contributed by atoms with Crippen molar-refractivity contribution >= 4 is 34.6 Å². The molecule has 4 heteroatoms. The molecule has 0 aliphatic carbocycles. The fraction of sp³-hybridized carbons (Fsp3) is 0.118. The zero-order chi connectivity index (χ0) is 15.2. The zero-order valence-corrected chi connectivity index (χ0v) is 13.1. The van der Waals surface area contributed by atoms with E-state index in [1.54, 1.807) is 37.5 Å². The third-order valence-electron chi connectivity index (χ3n) is 3.00. The summed E-state index contributed by atoms with van der Waals surface area (Å²) in [6.07, 6.45) is 2.01. The molecule has 0 unspecified atom stereocenters. The largest absolute Gasteiger partial charge is 0.393 e. The Morgan fingerprint density at radius 3 is 2.43 bits per heavy atom. The van der Waals surface area contributed by atoms with Crippen molar-refractivity contribution in [1.29, 1.82) is 0 Å². The number of hydrogen-bond donors (Lipinski definition) is 1. The van der Waals surface area contributed by atoms with Crippen LogP contribution in [0, 0.1) is 0 Å². The summed E-state index contributed by atoms with van der Waals surface area (Å²) in [7, 11) is 1.76. The molecular formula is C17H15Cl2NO. The first kappa shape index (κ1) is 15.6. The fourth-order valence-corrected chi connectivity index (χ4v) is 2.32. The van der Waals surface area contributed by atoms with Crippen LogP contribution in [0.2, 0.25) is 10.0 Å². The predicted octanol–water partition coefficient (Wildman–Crippen LogP) is 4.37. The molecule has 21 heavy (non-hydrogen) atoms. The van der Waals surface area contributed by atoms with Crippen molar-refractivity contribution in [1.82, 2.24) is 5.32 Å². The van der Waals surface area contributed by atoms with Gasteiger partial charge in [0.15, 0.2) is 5.78 Å². The minimum Gasteiger partial charge on any atom is -0.393 e. The van der Waals surface area contributed by atoms with Crippen LogP contribution in [-0.4, -0.2) is 12.8 Å². The smallest absolute Gasteiger partial charge is 0.169 e. The van der Waals surface area contributed by atoms with Crippen molar-refractivity contribution in [2.75, 3.05) is 7.05 Å². The van der Waals surface area contributed by atoms with E-state index in [1.807, 2.05) is 24.3 Å². The summed E-state index contributed by atoms with van der Waals surface area (Å²) in [5, 5.41) is 4.18. The lowest BCUT2D eigenvalue weighted by molar-refractivity contribution is -0.113. The molecule has 2 aromatic rings. The van der Waals surface area contributed by atoms with Gasteiger partial charge in [0, 0.05) is 35.3 Å². The Hall–Kier alpha value is -1.77. The summed E-state index contributed by atoms with van der Waals surface area (Å²) in [6, 6.07) is 14.5. The molecule has 2 nitrogen and oxygen atoms in total. The van der Waals surface area contributed by atoms with Crippen LogP contribution in [0.3, 0.4) is 0 Å². The molecule has 0 saturated carbocycles. The van der Waals surface area contributed by atoms with E-state index < -0.39 is 0 Å². The Kier molecular flexibility index (Phi) is 5.43. The average molecular weight is 320 g/mol. The summed E-state index contributed by atoms with van der Waals surface area (Å²) in [4.78, 5) is 12.5. The third-order valence-corrected chi connectivity index (χ3v) is 3.49. The van der Waals surface area contributed by atoms with Crippen LogP contribution in [0.25, 0.3) is 5.57 Å². The number of allylic oxidation sites excluding steroid dienone is 1. The van der Waals surface area contributed by atoms with Crippen molar-refractivity contribution < 1.29 is 4.79 Å². The van der Waals surface area contributed by atoms with Gasteiger partial charge in [-0.15, -0.1) is 0 Å². The quantitative estimate of drug-likeness (QED) is 0.829. The Morgan fingerprint density at radius 1 is 1.10 bits per heavy atom. The second-order valence-electron chi connectivity index (χ2n) is 4.58.